The zero-order chi connectivity index (χ0) is 32.8. The minimum atomic E-state index is -4.72. The van der Waals surface area contributed by atoms with Gasteiger partial charge in [0.05, 0.1) is 52.6 Å². The van der Waals surface area contributed by atoms with Gasteiger partial charge in [0.15, 0.2) is 6.23 Å². The molecule has 1 aromatic carbocycles. The van der Waals surface area contributed by atoms with Gasteiger partial charge in [-0.1, -0.05) is 0 Å². The molecule has 0 aliphatic carbocycles. The summed E-state index contributed by atoms with van der Waals surface area (Å²) in [7, 11) is -2.28. The van der Waals surface area contributed by atoms with E-state index in [0.29, 0.717) is 34.1 Å². The van der Waals surface area contributed by atoms with Gasteiger partial charge in [0, 0.05) is 37.4 Å². The molecule has 1 unspecified atom stereocenters. The summed E-state index contributed by atoms with van der Waals surface area (Å²) in [4.78, 5) is 10.6. The molecular formula is C29H32F3N7O5S2. The van der Waals surface area contributed by atoms with Crippen molar-refractivity contribution in [2.75, 3.05) is 44.1 Å². The Morgan fingerprint density at radius 3 is 2.67 bits per heavy atom. The van der Waals surface area contributed by atoms with Crippen LogP contribution in [-0.2, 0) is 32.5 Å². The van der Waals surface area contributed by atoms with Gasteiger partial charge in [0.2, 0.25) is 9.84 Å². The summed E-state index contributed by atoms with van der Waals surface area (Å²) in [5.41, 5.74) is -1.08. The normalized spacial score (nSPS) is 21.9. The lowest BCUT2D eigenvalue weighted by atomic mass is 9.94. The predicted molar refractivity (Wildman–Crippen MR) is 166 cm³/mol. The van der Waals surface area contributed by atoms with Crippen molar-refractivity contribution in [2.24, 2.45) is 7.05 Å². The molecule has 2 aliphatic rings. The second-order valence-electron chi connectivity index (χ2n) is 12.3. The molecule has 2 atom stereocenters. The standard InChI is InChI=1S/C29H32F3N7O5S2/c1-15-11-17-16(12-33-39(17)18-7-5-6-9-44-18)19(21(15)29(30,31)32)22-23-24(45-36-22)20-25(37(23)3)34-27(46(4,41)42)35-26(20)38-8-10-43-14-28(2,40)13-38/h11-12,18,40H,5-10,13-14H2,1-4H3/t18?,28-/m0/s1. The van der Waals surface area contributed by atoms with E-state index in [1.165, 1.54) is 19.2 Å². The van der Waals surface area contributed by atoms with Crippen LogP contribution in [0.25, 0.3) is 43.4 Å². The minimum absolute atomic E-state index is 0.0131. The van der Waals surface area contributed by atoms with Crippen LogP contribution >= 0.6 is 11.5 Å². The largest absolute Gasteiger partial charge is 0.417 e. The molecule has 0 amide bonds. The van der Waals surface area contributed by atoms with Crippen molar-refractivity contribution in [1.29, 1.82) is 0 Å². The summed E-state index contributed by atoms with van der Waals surface area (Å²) >= 11 is 0.984. The molecule has 6 heterocycles. The second kappa shape index (κ2) is 10.8. The number of rotatable bonds is 4. The number of aromatic nitrogens is 6. The maximum atomic E-state index is 14.9. The van der Waals surface area contributed by atoms with E-state index < -0.39 is 38.6 Å². The number of ether oxygens (including phenoxy) is 2. The maximum absolute atomic E-state index is 14.9. The quantitative estimate of drug-likeness (QED) is 0.268. The fraction of sp³-hybridized carbons (Fsp3) is 0.517. The molecule has 0 radical (unpaired) electrons. The number of β-amino-alcohol motifs (C(OH)–C–C–N with tert-alkyl or cyclic N) is 1. The molecule has 0 bridgehead atoms. The number of nitrogens with zero attached hydrogens (tertiary/aromatic N) is 7. The number of benzene rings is 1. The number of aliphatic hydroxyl groups is 1. The second-order valence-corrected chi connectivity index (χ2v) is 15.0. The van der Waals surface area contributed by atoms with E-state index in [1.807, 2.05) is 0 Å². The first-order valence-electron chi connectivity index (χ1n) is 14.8. The minimum Gasteiger partial charge on any atom is -0.386 e. The van der Waals surface area contributed by atoms with Gasteiger partial charge in [-0.2, -0.15) is 27.6 Å². The van der Waals surface area contributed by atoms with E-state index in [1.54, 1.807) is 28.1 Å². The average Bonchev–Trinajstić information content (AvgIpc) is 3.63. The fourth-order valence-electron chi connectivity index (χ4n) is 6.55. The Hall–Kier alpha value is -3.38. The van der Waals surface area contributed by atoms with E-state index in [0.717, 1.165) is 30.6 Å². The Bertz CT molecular complexity index is 2110. The van der Waals surface area contributed by atoms with Crippen LogP contribution < -0.4 is 4.90 Å². The van der Waals surface area contributed by atoms with Gasteiger partial charge < -0.3 is 24.0 Å². The number of sulfone groups is 1. The lowest BCUT2D eigenvalue weighted by Crippen LogP contribution is -2.42. The SMILES string of the molecule is Cc1cc2c(cnn2C2CCCCO2)c(-c2nsc3c4c(N5CCOC[C@@](C)(O)C5)nc(S(C)(=O)=O)nc4n(C)c23)c1C(F)(F)F. The summed E-state index contributed by atoms with van der Waals surface area (Å²) in [6.07, 6.45) is -0.186. The molecule has 246 valence electrons. The molecule has 4 aromatic heterocycles. The zero-order valence-electron chi connectivity index (χ0n) is 25.5. The first-order chi connectivity index (χ1) is 21.7. The lowest BCUT2D eigenvalue weighted by molar-refractivity contribution is -0.137. The molecule has 2 fully saturated rings. The fourth-order valence-corrected chi connectivity index (χ4v) is 8.01. The number of anilines is 1. The number of aryl methyl sites for hydroxylation is 2. The first-order valence-corrected chi connectivity index (χ1v) is 17.4. The third kappa shape index (κ3) is 5.12. The van der Waals surface area contributed by atoms with Crippen LogP contribution in [0.15, 0.2) is 17.4 Å². The summed E-state index contributed by atoms with van der Waals surface area (Å²) in [5, 5.41) is 15.7. The number of hydrogen-bond donors (Lipinski definition) is 1. The van der Waals surface area contributed by atoms with Gasteiger partial charge in [0.25, 0.3) is 5.16 Å². The molecule has 17 heteroatoms. The Balaban J connectivity index is 1.54. The third-order valence-electron chi connectivity index (χ3n) is 8.53. The van der Waals surface area contributed by atoms with Crippen LogP contribution in [0.3, 0.4) is 0 Å². The van der Waals surface area contributed by atoms with Crippen molar-refractivity contribution in [3.63, 3.8) is 0 Å². The summed E-state index contributed by atoms with van der Waals surface area (Å²) in [6, 6.07) is 1.49. The van der Waals surface area contributed by atoms with E-state index in [4.69, 9.17) is 9.47 Å². The Kier molecular flexibility index (Phi) is 7.35. The van der Waals surface area contributed by atoms with Gasteiger partial charge >= 0.3 is 6.18 Å². The van der Waals surface area contributed by atoms with Crippen molar-refractivity contribution in [3.8, 4) is 11.3 Å². The van der Waals surface area contributed by atoms with Gasteiger partial charge in [-0.3, -0.25) is 0 Å². The van der Waals surface area contributed by atoms with Crippen LogP contribution in [0.4, 0.5) is 19.0 Å². The van der Waals surface area contributed by atoms with Crippen molar-refractivity contribution < 1.29 is 36.2 Å². The summed E-state index contributed by atoms with van der Waals surface area (Å²) in [5.74, 6) is 0.227. The third-order valence-corrected chi connectivity index (χ3v) is 10.2. The first kappa shape index (κ1) is 31.2. The summed E-state index contributed by atoms with van der Waals surface area (Å²) in [6.45, 7) is 4.23. The van der Waals surface area contributed by atoms with Crippen molar-refractivity contribution >= 4 is 59.3 Å². The highest BCUT2D eigenvalue weighted by Crippen LogP contribution is 2.48. The van der Waals surface area contributed by atoms with Crippen LogP contribution in [-0.4, -0.2) is 87.0 Å². The monoisotopic (exact) mass is 679 g/mol. The highest BCUT2D eigenvalue weighted by Gasteiger charge is 2.40. The molecule has 2 saturated heterocycles. The van der Waals surface area contributed by atoms with Crippen LogP contribution in [0.1, 0.15) is 43.5 Å². The smallest absolute Gasteiger partial charge is 0.386 e. The van der Waals surface area contributed by atoms with Gasteiger partial charge in [-0.15, -0.1) is 0 Å². The molecule has 0 spiro atoms. The predicted octanol–water partition coefficient (Wildman–Crippen LogP) is 4.61. The molecule has 1 N–H and O–H groups in total. The maximum Gasteiger partial charge on any atom is 0.417 e. The van der Waals surface area contributed by atoms with Crippen molar-refractivity contribution in [2.45, 2.75) is 56.3 Å². The Labute approximate surface area is 265 Å². The molecule has 0 saturated carbocycles. The van der Waals surface area contributed by atoms with Crippen molar-refractivity contribution in [1.82, 2.24) is 28.7 Å². The van der Waals surface area contributed by atoms with Crippen LogP contribution in [0.2, 0.25) is 0 Å². The van der Waals surface area contributed by atoms with Gasteiger partial charge in [-0.25, -0.2) is 18.1 Å². The van der Waals surface area contributed by atoms with E-state index in [9.17, 15) is 26.7 Å². The molecule has 12 nitrogen and oxygen atoms in total. The zero-order valence-corrected chi connectivity index (χ0v) is 27.2. The van der Waals surface area contributed by atoms with Gasteiger partial charge in [-0.05, 0) is 56.3 Å². The van der Waals surface area contributed by atoms with E-state index in [-0.39, 0.29) is 60.0 Å². The van der Waals surface area contributed by atoms with Crippen LogP contribution in [0, 0.1) is 6.92 Å². The highest BCUT2D eigenvalue weighted by molar-refractivity contribution is 7.90. The van der Waals surface area contributed by atoms with Crippen LogP contribution in [0.5, 0.6) is 0 Å². The summed E-state index contributed by atoms with van der Waals surface area (Å²) < 4.78 is 90.0. The molecule has 7 rings (SSSR count). The molecular weight excluding hydrogens is 647 g/mol. The number of fused-ring (bicyclic) bond motifs is 4. The number of hydrogen-bond acceptors (Lipinski definition) is 11. The molecule has 46 heavy (non-hydrogen) atoms. The lowest BCUT2D eigenvalue weighted by Gasteiger charge is -2.28. The Morgan fingerprint density at radius 2 is 1.98 bits per heavy atom. The van der Waals surface area contributed by atoms with E-state index >= 15 is 0 Å². The van der Waals surface area contributed by atoms with E-state index in [2.05, 4.69) is 19.4 Å². The number of alkyl halides is 3. The van der Waals surface area contributed by atoms with Gasteiger partial charge in [0.1, 0.15) is 22.8 Å². The molecule has 5 aromatic rings. The van der Waals surface area contributed by atoms with Crippen molar-refractivity contribution in [3.05, 3.63) is 23.4 Å². The average molecular weight is 680 g/mol. The Morgan fingerprint density at radius 1 is 1.20 bits per heavy atom. The molecule has 2 aliphatic heterocycles. The highest BCUT2D eigenvalue weighted by atomic mass is 32.2. The topological polar surface area (TPSA) is 137 Å². The number of halogens is 3.